The number of piperazine rings is 1. The zero-order valence-corrected chi connectivity index (χ0v) is 16.8. The highest BCUT2D eigenvalue weighted by Crippen LogP contribution is 2.51. The van der Waals surface area contributed by atoms with Crippen molar-refractivity contribution < 1.29 is 18.4 Å². The van der Waals surface area contributed by atoms with E-state index in [-0.39, 0.29) is 24.7 Å². The highest BCUT2D eigenvalue weighted by Gasteiger charge is 2.58. The highest BCUT2D eigenvalue weighted by atomic mass is 19.3. The van der Waals surface area contributed by atoms with Gasteiger partial charge in [-0.25, -0.2) is 18.7 Å². The van der Waals surface area contributed by atoms with Crippen LogP contribution in [0.4, 0.5) is 14.6 Å². The van der Waals surface area contributed by atoms with E-state index in [1.54, 1.807) is 38.2 Å². The summed E-state index contributed by atoms with van der Waals surface area (Å²) in [4.78, 5) is 37.3. The number of benzene rings is 1. The monoisotopic (exact) mass is 415 g/mol. The predicted molar refractivity (Wildman–Crippen MR) is 107 cm³/mol. The normalized spacial score (nSPS) is 22.9. The minimum atomic E-state index is -2.74. The summed E-state index contributed by atoms with van der Waals surface area (Å²) in [5, 5.41) is 0. The molecule has 30 heavy (non-hydrogen) atoms. The molecule has 158 valence electrons. The van der Waals surface area contributed by atoms with E-state index in [4.69, 9.17) is 5.73 Å². The van der Waals surface area contributed by atoms with E-state index in [1.165, 1.54) is 16.0 Å². The maximum absolute atomic E-state index is 13.5. The molecule has 1 saturated carbocycles. The molecule has 1 aromatic carbocycles. The van der Waals surface area contributed by atoms with E-state index in [2.05, 4.69) is 9.97 Å². The predicted octanol–water partition coefficient (Wildman–Crippen LogP) is 2.36. The van der Waals surface area contributed by atoms with E-state index in [1.807, 2.05) is 0 Å². The Morgan fingerprint density at radius 2 is 2.07 bits per heavy atom. The fourth-order valence-electron chi connectivity index (χ4n) is 3.78. The van der Waals surface area contributed by atoms with Gasteiger partial charge in [-0.05, 0) is 25.5 Å². The largest absolute Gasteiger partial charge is 0.382 e. The van der Waals surface area contributed by atoms with Crippen LogP contribution in [0.5, 0.6) is 0 Å². The summed E-state index contributed by atoms with van der Waals surface area (Å²) in [6.45, 7) is 2.41. The van der Waals surface area contributed by atoms with Crippen LogP contribution in [0.25, 0.3) is 11.3 Å². The number of alkyl halides is 2. The van der Waals surface area contributed by atoms with Crippen LogP contribution in [-0.2, 0) is 4.79 Å². The van der Waals surface area contributed by atoms with Crippen LogP contribution in [0.2, 0.25) is 0 Å². The molecule has 7 nitrogen and oxygen atoms in total. The van der Waals surface area contributed by atoms with Gasteiger partial charge in [0.1, 0.15) is 11.9 Å². The molecule has 2 N–H and O–H groups in total. The maximum Gasteiger partial charge on any atom is 0.254 e. The molecule has 0 bridgehead atoms. The molecule has 0 radical (unpaired) electrons. The molecule has 1 aliphatic carbocycles. The molecular formula is C21H23F2N5O2. The van der Waals surface area contributed by atoms with Gasteiger partial charge < -0.3 is 15.5 Å². The maximum atomic E-state index is 13.5. The van der Waals surface area contributed by atoms with Crippen LogP contribution < -0.4 is 5.73 Å². The molecule has 1 aromatic heterocycles. The standard InChI is InChI=1S/C21H23F2N5O2/c1-12-18(24)25-11-16(26-12)13-4-3-5-14(8-13)19(29)28-7-6-27(2)20(30)17(28)9-15-10-21(15,22)23/h3-5,8,11,15,17H,6-7,9-10H2,1-2H3,(H2,24,25). The van der Waals surface area contributed by atoms with E-state index < -0.39 is 17.9 Å². The minimum Gasteiger partial charge on any atom is -0.382 e. The van der Waals surface area contributed by atoms with Crippen molar-refractivity contribution in [2.45, 2.75) is 31.7 Å². The Hall–Kier alpha value is -3.10. The van der Waals surface area contributed by atoms with Gasteiger partial charge in [0.15, 0.2) is 0 Å². The summed E-state index contributed by atoms with van der Waals surface area (Å²) in [6, 6.07) is 5.96. The lowest BCUT2D eigenvalue weighted by molar-refractivity contribution is -0.139. The fourth-order valence-corrected chi connectivity index (χ4v) is 3.78. The van der Waals surface area contributed by atoms with Gasteiger partial charge in [0.25, 0.3) is 11.8 Å². The highest BCUT2D eigenvalue weighted by molar-refractivity contribution is 5.99. The number of aryl methyl sites for hydroxylation is 1. The Labute approximate surface area is 172 Å². The number of anilines is 1. The summed E-state index contributed by atoms with van der Waals surface area (Å²) >= 11 is 0. The van der Waals surface area contributed by atoms with Crippen LogP contribution in [0.3, 0.4) is 0 Å². The Kier molecular flexibility index (Phi) is 4.91. The lowest BCUT2D eigenvalue weighted by Crippen LogP contribution is -2.57. The Morgan fingerprint density at radius 3 is 2.73 bits per heavy atom. The second-order valence-electron chi connectivity index (χ2n) is 7.98. The van der Waals surface area contributed by atoms with Crippen molar-refractivity contribution in [3.63, 3.8) is 0 Å². The second-order valence-corrected chi connectivity index (χ2v) is 7.98. The average molecular weight is 415 g/mol. The third-order valence-corrected chi connectivity index (χ3v) is 5.83. The molecule has 1 aliphatic heterocycles. The lowest BCUT2D eigenvalue weighted by Gasteiger charge is -2.39. The minimum absolute atomic E-state index is 0.0236. The van der Waals surface area contributed by atoms with Crippen LogP contribution in [0.15, 0.2) is 30.5 Å². The fraction of sp³-hybridized carbons (Fsp3) is 0.429. The third kappa shape index (κ3) is 3.71. The first kappa shape index (κ1) is 20.2. The molecule has 2 atom stereocenters. The van der Waals surface area contributed by atoms with E-state index in [9.17, 15) is 18.4 Å². The van der Waals surface area contributed by atoms with Gasteiger partial charge >= 0.3 is 0 Å². The number of amides is 2. The molecule has 0 spiro atoms. The van der Waals surface area contributed by atoms with Gasteiger partial charge in [0.05, 0.1) is 17.6 Å². The van der Waals surface area contributed by atoms with E-state index in [0.717, 1.165) is 0 Å². The first-order valence-electron chi connectivity index (χ1n) is 9.80. The number of rotatable bonds is 4. The summed E-state index contributed by atoms with van der Waals surface area (Å²) in [5.74, 6) is -3.91. The molecule has 2 fully saturated rings. The zero-order chi connectivity index (χ0) is 21.6. The quantitative estimate of drug-likeness (QED) is 0.828. The van der Waals surface area contributed by atoms with Crippen molar-refractivity contribution >= 4 is 17.6 Å². The first-order chi connectivity index (χ1) is 14.2. The van der Waals surface area contributed by atoms with Gasteiger partial charge in [0.2, 0.25) is 5.91 Å². The van der Waals surface area contributed by atoms with Crippen molar-refractivity contribution in [1.82, 2.24) is 19.8 Å². The molecule has 9 heteroatoms. The SMILES string of the molecule is Cc1nc(-c2cccc(C(=O)N3CCN(C)C(=O)C3CC3CC3(F)F)c2)cnc1N. The van der Waals surface area contributed by atoms with Gasteiger partial charge in [-0.2, -0.15) is 0 Å². The summed E-state index contributed by atoms with van der Waals surface area (Å²) in [7, 11) is 1.63. The summed E-state index contributed by atoms with van der Waals surface area (Å²) in [6.07, 6.45) is 1.28. The zero-order valence-electron chi connectivity index (χ0n) is 16.8. The number of halogens is 2. The van der Waals surface area contributed by atoms with Crippen LogP contribution >= 0.6 is 0 Å². The molecule has 2 aromatic rings. The topological polar surface area (TPSA) is 92.4 Å². The van der Waals surface area contributed by atoms with E-state index >= 15 is 0 Å². The molecular weight excluding hydrogens is 392 g/mol. The smallest absolute Gasteiger partial charge is 0.254 e. The number of nitrogens with two attached hydrogens (primary N) is 1. The van der Waals surface area contributed by atoms with Crippen molar-refractivity contribution in [3.05, 3.63) is 41.7 Å². The molecule has 2 amide bonds. The molecule has 4 rings (SSSR count). The second kappa shape index (κ2) is 7.30. The Morgan fingerprint density at radius 1 is 1.33 bits per heavy atom. The summed E-state index contributed by atoms with van der Waals surface area (Å²) < 4.78 is 27.0. The molecule has 2 aliphatic rings. The lowest BCUT2D eigenvalue weighted by atomic mass is 10.0. The van der Waals surface area contributed by atoms with E-state index in [0.29, 0.717) is 41.4 Å². The van der Waals surface area contributed by atoms with Crippen LogP contribution in [-0.4, -0.2) is 63.7 Å². The first-order valence-corrected chi connectivity index (χ1v) is 9.80. The third-order valence-electron chi connectivity index (χ3n) is 5.83. The molecule has 1 saturated heterocycles. The summed E-state index contributed by atoms with van der Waals surface area (Å²) in [5.41, 5.74) is 7.93. The van der Waals surface area contributed by atoms with Gasteiger partial charge in [-0.1, -0.05) is 12.1 Å². The molecule has 2 heterocycles. The number of aromatic nitrogens is 2. The van der Waals surface area contributed by atoms with Crippen molar-refractivity contribution in [2.24, 2.45) is 5.92 Å². The Bertz CT molecular complexity index is 1010. The number of nitrogen functional groups attached to an aromatic ring is 1. The molecule has 2 unspecified atom stereocenters. The number of likely N-dealkylation sites (N-methyl/N-ethyl adjacent to an activating group) is 1. The van der Waals surface area contributed by atoms with Crippen LogP contribution in [0.1, 0.15) is 28.9 Å². The number of hydrogen-bond acceptors (Lipinski definition) is 5. The van der Waals surface area contributed by atoms with Crippen molar-refractivity contribution in [3.8, 4) is 11.3 Å². The number of hydrogen-bond donors (Lipinski definition) is 1. The van der Waals surface area contributed by atoms with Gasteiger partial charge in [-0.15, -0.1) is 0 Å². The van der Waals surface area contributed by atoms with Crippen molar-refractivity contribution in [1.29, 1.82) is 0 Å². The number of carbonyl (C=O) groups is 2. The van der Waals surface area contributed by atoms with Gasteiger partial charge in [-0.3, -0.25) is 9.59 Å². The number of nitrogens with zero attached hydrogens (tertiary/aromatic N) is 4. The van der Waals surface area contributed by atoms with Crippen LogP contribution in [0, 0.1) is 12.8 Å². The Balaban J connectivity index is 1.60. The average Bonchev–Trinajstić information content (AvgIpc) is 3.33. The van der Waals surface area contributed by atoms with Crippen molar-refractivity contribution in [2.75, 3.05) is 25.9 Å². The number of carbonyl (C=O) groups excluding carboxylic acids is 2. The van der Waals surface area contributed by atoms with Gasteiger partial charge in [0, 0.05) is 43.6 Å².